The van der Waals surface area contributed by atoms with Crippen molar-refractivity contribution in [2.75, 3.05) is 33.4 Å². The number of rotatable bonds is 6. The van der Waals surface area contributed by atoms with Gasteiger partial charge < -0.3 is 15.4 Å². The maximum atomic E-state index is 12.3. The minimum atomic E-state index is -0.288. The van der Waals surface area contributed by atoms with Gasteiger partial charge in [-0.1, -0.05) is 12.8 Å². The first-order valence-electron chi connectivity index (χ1n) is 6.75. The highest BCUT2D eigenvalue weighted by Crippen LogP contribution is 2.32. The molecule has 0 unspecified atom stereocenters. The molecule has 0 radical (unpaired) electrons. The lowest BCUT2D eigenvalue weighted by Crippen LogP contribution is -2.50. The molecule has 2 N–H and O–H groups in total. The monoisotopic (exact) mass is 276 g/mol. The van der Waals surface area contributed by atoms with Crippen molar-refractivity contribution in [3.63, 3.8) is 0 Å². The summed E-state index contributed by atoms with van der Waals surface area (Å²) in [4.78, 5) is 12.3. The molecule has 106 valence electrons. The first-order valence-corrected chi connectivity index (χ1v) is 6.75. The predicted octanol–water partition coefficient (Wildman–Crippen LogP) is 1.34. The molecule has 0 aromatic carbocycles. The first kappa shape index (κ1) is 15.7. The zero-order valence-electron chi connectivity index (χ0n) is 11.2. The third-order valence-corrected chi connectivity index (χ3v) is 4.00. The molecule has 4 nitrogen and oxygen atoms in total. The number of hydrogen-bond acceptors (Lipinski definition) is 3. The summed E-state index contributed by atoms with van der Waals surface area (Å²) in [5, 5.41) is 6.40. The van der Waals surface area contributed by atoms with Crippen LogP contribution in [0.4, 0.5) is 0 Å². The smallest absolute Gasteiger partial charge is 0.228 e. The molecular weight excluding hydrogens is 252 g/mol. The summed E-state index contributed by atoms with van der Waals surface area (Å²) in [6.45, 7) is 3.21. The van der Waals surface area contributed by atoms with Crippen molar-refractivity contribution in [2.24, 2.45) is 11.3 Å². The van der Waals surface area contributed by atoms with Gasteiger partial charge in [-0.2, -0.15) is 0 Å². The van der Waals surface area contributed by atoms with Crippen molar-refractivity contribution in [3.05, 3.63) is 0 Å². The maximum Gasteiger partial charge on any atom is 0.228 e. The molecule has 1 aliphatic carbocycles. The Morgan fingerprint density at radius 3 is 2.61 bits per heavy atom. The fourth-order valence-electron chi connectivity index (χ4n) is 2.60. The van der Waals surface area contributed by atoms with Crippen LogP contribution in [0.15, 0.2) is 0 Å². The number of halogens is 1. The van der Waals surface area contributed by atoms with E-state index in [-0.39, 0.29) is 23.7 Å². The van der Waals surface area contributed by atoms with Crippen LogP contribution in [0.25, 0.3) is 0 Å². The second-order valence-electron chi connectivity index (χ2n) is 5.45. The Morgan fingerprint density at radius 2 is 2.06 bits per heavy atom. The van der Waals surface area contributed by atoms with E-state index in [0.29, 0.717) is 6.61 Å². The number of amides is 1. The molecule has 1 amide bonds. The molecule has 1 saturated carbocycles. The lowest BCUT2D eigenvalue weighted by Gasteiger charge is -2.35. The molecule has 2 aliphatic rings. The molecule has 18 heavy (non-hydrogen) atoms. The van der Waals surface area contributed by atoms with E-state index in [4.69, 9.17) is 4.74 Å². The number of carbonyl (C=O) groups is 1. The van der Waals surface area contributed by atoms with E-state index < -0.39 is 0 Å². The number of methoxy groups -OCH3 is 1. The molecule has 5 heteroatoms. The zero-order valence-corrected chi connectivity index (χ0v) is 12.0. The van der Waals surface area contributed by atoms with Gasteiger partial charge in [-0.25, -0.2) is 0 Å². The average molecular weight is 277 g/mol. The molecule has 1 saturated heterocycles. The summed E-state index contributed by atoms with van der Waals surface area (Å²) < 4.78 is 5.26. The molecule has 2 rings (SSSR count). The van der Waals surface area contributed by atoms with Crippen LogP contribution in [0.5, 0.6) is 0 Å². The standard InChI is InChI=1S/C13H24N2O2.ClH/c1-17-10-13(5-8-14-9-6-13)12(16)15-7-4-11-2-3-11;/h11,14H,2-10H2,1H3,(H,15,16);1H. The minimum absolute atomic E-state index is 0. The first-order chi connectivity index (χ1) is 8.27. The van der Waals surface area contributed by atoms with E-state index >= 15 is 0 Å². The molecule has 1 heterocycles. The van der Waals surface area contributed by atoms with Crippen molar-refractivity contribution in [2.45, 2.75) is 32.1 Å². The van der Waals surface area contributed by atoms with Gasteiger partial charge in [0.2, 0.25) is 5.91 Å². The third kappa shape index (κ3) is 4.11. The highest BCUT2D eigenvalue weighted by Gasteiger charge is 2.39. The normalized spacial score (nSPS) is 22.1. The van der Waals surface area contributed by atoms with E-state index in [1.54, 1.807) is 7.11 Å². The molecule has 0 aromatic heterocycles. The van der Waals surface area contributed by atoms with Crippen LogP contribution in [-0.2, 0) is 9.53 Å². The van der Waals surface area contributed by atoms with Gasteiger partial charge in [-0.3, -0.25) is 4.79 Å². The third-order valence-electron chi connectivity index (χ3n) is 4.00. The molecule has 0 bridgehead atoms. The van der Waals surface area contributed by atoms with Crippen LogP contribution in [-0.4, -0.2) is 39.3 Å². The van der Waals surface area contributed by atoms with Gasteiger partial charge in [0.15, 0.2) is 0 Å². The van der Waals surface area contributed by atoms with Crippen LogP contribution in [0.1, 0.15) is 32.1 Å². The SMILES string of the molecule is COCC1(C(=O)NCCC2CC2)CCNCC1.Cl. The van der Waals surface area contributed by atoms with Gasteiger partial charge in [0.1, 0.15) is 0 Å². The van der Waals surface area contributed by atoms with E-state index in [0.717, 1.165) is 44.8 Å². The number of piperidine rings is 1. The predicted molar refractivity (Wildman–Crippen MR) is 74.0 cm³/mol. The van der Waals surface area contributed by atoms with Gasteiger partial charge in [0.05, 0.1) is 12.0 Å². The molecule has 0 aromatic rings. The molecule has 2 fully saturated rings. The van der Waals surface area contributed by atoms with Crippen molar-refractivity contribution in [1.29, 1.82) is 0 Å². The van der Waals surface area contributed by atoms with Gasteiger partial charge in [0, 0.05) is 13.7 Å². The van der Waals surface area contributed by atoms with Crippen LogP contribution in [0.2, 0.25) is 0 Å². The summed E-state index contributed by atoms with van der Waals surface area (Å²) in [6.07, 6.45) is 5.62. The molecule has 0 atom stereocenters. The Hall–Kier alpha value is -0.320. The summed E-state index contributed by atoms with van der Waals surface area (Å²) in [7, 11) is 1.68. The second kappa shape index (κ2) is 7.31. The fourth-order valence-corrected chi connectivity index (χ4v) is 2.60. The molecule has 0 spiro atoms. The minimum Gasteiger partial charge on any atom is -0.384 e. The molecule has 1 aliphatic heterocycles. The number of ether oxygens (including phenoxy) is 1. The van der Waals surface area contributed by atoms with Gasteiger partial charge in [-0.15, -0.1) is 12.4 Å². The van der Waals surface area contributed by atoms with Crippen LogP contribution in [0.3, 0.4) is 0 Å². The van der Waals surface area contributed by atoms with E-state index in [1.807, 2.05) is 0 Å². The Morgan fingerprint density at radius 1 is 1.39 bits per heavy atom. The van der Waals surface area contributed by atoms with Crippen molar-refractivity contribution >= 4 is 18.3 Å². The Balaban J connectivity index is 0.00000162. The summed E-state index contributed by atoms with van der Waals surface area (Å²) in [6, 6.07) is 0. The van der Waals surface area contributed by atoms with Gasteiger partial charge in [-0.05, 0) is 38.3 Å². The van der Waals surface area contributed by atoms with E-state index in [9.17, 15) is 4.79 Å². The maximum absolute atomic E-state index is 12.3. The van der Waals surface area contributed by atoms with Gasteiger partial charge >= 0.3 is 0 Å². The summed E-state index contributed by atoms with van der Waals surface area (Å²) in [5.41, 5.74) is -0.288. The van der Waals surface area contributed by atoms with E-state index in [2.05, 4.69) is 10.6 Å². The highest BCUT2D eigenvalue weighted by molar-refractivity contribution is 5.85. The second-order valence-corrected chi connectivity index (χ2v) is 5.45. The number of carbonyl (C=O) groups excluding carboxylic acids is 1. The zero-order chi connectivity index (χ0) is 12.1. The van der Waals surface area contributed by atoms with Crippen LogP contribution < -0.4 is 10.6 Å². The topological polar surface area (TPSA) is 50.4 Å². The van der Waals surface area contributed by atoms with Gasteiger partial charge in [0.25, 0.3) is 0 Å². The van der Waals surface area contributed by atoms with Crippen LogP contribution in [0, 0.1) is 11.3 Å². The Kier molecular flexibility index (Phi) is 6.39. The number of hydrogen-bond donors (Lipinski definition) is 2. The van der Waals surface area contributed by atoms with Crippen molar-refractivity contribution in [3.8, 4) is 0 Å². The number of nitrogens with one attached hydrogen (secondary N) is 2. The highest BCUT2D eigenvalue weighted by atomic mass is 35.5. The lowest BCUT2D eigenvalue weighted by molar-refractivity contribution is -0.136. The quantitative estimate of drug-likeness (QED) is 0.770. The summed E-state index contributed by atoms with van der Waals surface area (Å²) in [5.74, 6) is 1.07. The van der Waals surface area contributed by atoms with Crippen LogP contribution >= 0.6 is 12.4 Å². The lowest BCUT2D eigenvalue weighted by atomic mass is 9.78. The van der Waals surface area contributed by atoms with Crippen molar-refractivity contribution < 1.29 is 9.53 Å². The largest absolute Gasteiger partial charge is 0.384 e. The molecular formula is C13H25ClN2O2. The Labute approximate surface area is 116 Å². The van der Waals surface area contributed by atoms with E-state index in [1.165, 1.54) is 12.8 Å². The van der Waals surface area contributed by atoms with Crippen molar-refractivity contribution in [1.82, 2.24) is 10.6 Å². The summed E-state index contributed by atoms with van der Waals surface area (Å²) >= 11 is 0. The fraction of sp³-hybridized carbons (Fsp3) is 0.923. The Bertz CT molecular complexity index is 258. The average Bonchev–Trinajstić information content (AvgIpc) is 3.14.